The second-order valence-corrected chi connectivity index (χ2v) is 11.8. The highest BCUT2D eigenvalue weighted by Crippen LogP contribution is 2.28. The average Bonchev–Trinajstić information content (AvgIpc) is 3.78. The summed E-state index contributed by atoms with van der Waals surface area (Å²) in [6.07, 6.45) is 4.66. The van der Waals surface area contributed by atoms with Crippen molar-refractivity contribution in [1.29, 1.82) is 0 Å². The molecule has 3 N–H and O–H groups in total. The maximum atomic E-state index is 14.1. The van der Waals surface area contributed by atoms with E-state index in [-0.39, 0.29) is 30.7 Å². The van der Waals surface area contributed by atoms with Crippen LogP contribution < -0.4 is 10.6 Å². The number of carbonyl (C=O) groups is 3. The van der Waals surface area contributed by atoms with E-state index in [1.807, 2.05) is 36.4 Å². The second-order valence-electron chi connectivity index (χ2n) is 10.6. The first-order valence-electron chi connectivity index (χ1n) is 14.1. The summed E-state index contributed by atoms with van der Waals surface area (Å²) in [4.78, 5) is 46.8. The van der Waals surface area contributed by atoms with Gasteiger partial charge >= 0.3 is 0 Å². The number of aromatic amines is 1. The fraction of sp³-hybridized carbons (Fsp3) is 0.379. The number of benzene rings is 1. The normalized spacial score (nSPS) is 20.8. The van der Waals surface area contributed by atoms with Crippen molar-refractivity contribution in [2.45, 2.75) is 51.0 Å². The van der Waals surface area contributed by atoms with Gasteiger partial charge in [0, 0.05) is 56.6 Å². The molecule has 42 heavy (non-hydrogen) atoms. The molecule has 218 valence electrons. The molecule has 4 aromatic rings. The summed E-state index contributed by atoms with van der Waals surface area (Å²) in [5.74, 6) is -0.708. The van der Waals surface area contributed by atoms with Crippen molar-refractivity contribution in [2.75, 3.05) is 19.6 Å². The fourth-order valence-corrected chi connectivity index (χ4v) is 6.46. The number of thiophene rings is 1. The topological polar surface area (TPSA) is 141 Å². The predicted octanol–water partition coefficient (Wildman–Crippen LogP) is 1.58. The number of hydrogen-bond acceptors (Lipinski definition) is 8. The van der Waals surface area contributed by atoms with Crippen LogP contribution >= 0.6 is 11.3 Å². The van der Waals surface area contributed by atoms with Crippen molar-refractivity contribution in [3.8, 4) is 10.6 Å². The minimum absolute atomic E-state index is 0.204. The summed E-state index contributed by atoms with van der Waals surface area (Å²) >= 11 is 1.67. The van der Waals surface area contributed by atoms with Crippen molar-refractivity contribution in [3.05, 3.63) is 77.1 Å². The minimum Gasteiger partial charge on any atom is -0.348 e. The highest BCUT2D eigenvalue weighted by molar-refractivity contribution is 7.15. The van der Waals surface area contributed by atoms with Crippen molar-refractivity contribution in [1.82, 2.24) is 45.6 Å². The van der Waals surface area contributed by atoms with Gasteiger partial charge in [-0.1, -0.05) is 35.5 Å². The van der Waals surface area contributed by atoms with Gasteiger partial charge in [0.15, 0.2) is 0 Å². The Labute approximate surface area is 247 Å². The summed E-state index contributed by atoms with van der Waals surface area (Å²) < 4.78 is 1.67. The maximum absolute atomic E-state index is 14.1. The lowest BCUT2D eigenvalue weighted by Crippen LogP contribution is -2.63. The van der Waals surface area contributed by atoms with E-state index in [9.17, 15) is 14.4 Å². The molecule has 3 amide bonds. The smallest absolute Gasteiger partial charge is 0.246 e. The van der Waals surface area contributed by atoms with Crippen LogP contribution in [0, 0.1) is 0 Å². The summed E-state index contributed by atoms with van der Waals surface area (Å²) in [7, 11) is 0. The van der Waals surface area contributed by atoms with Crippen LogP contribution in [0.4, 0.5) is 0 Å². The number of H-pyrrole nitrogens is 1. The Morgan fingerprint density at radius 2 is 1.88 bits per heavy atom. The van der Waals surface area contributed by atoms with Crippen LogP contribution in [-0.2, 0) is 40.4 Å². The van der Waals surface area contributed by atoms with Crippen molar-refractivity contribution in [2.24, 2.45) is 0 Å². The van der Waals surface area contributed by atoms with Crippen LogP contribution in [0.1, 0.15) is 29.0 Å². The van der Waals surface area contributed by atoms with Crippen LogP contribution in [0.25, 0.3) is 10.6 Å². The van der Waals surface area contributed by atoms with Crippen LogP contribution in [0.15, 0.2) is 60.9 Å². The first-order chi connectivity index (χ1) is 20.5. The van der Waals surface area contributed by atoms with E-state index in [2.05, 4.69) is 48.2 Å². The molecule has 0 spiro atoms. The molecule has 5 heterocycles. The number of nitrogens with one attached hydrogen (secondary N) is 3. The molecule has 13 heteroatoms. The zero-order valence-electron chi connectivity index (χ0n) is 23.1. The SMILES string of the molecule is O=C1CCCn2cc(nn2)CNC(=O)[C@H]2CN(Cc3ccc(-c4ccn[nH]4)s3)CCN2C(=O)[C@H](Cc2ccccc2)N1. The highest BCUT2D eigenvalue weighted by Gasteiger charge is 2.38. The lowest BCUT2D eigenvalue weighted by molar-refractivity contribution is -0.146. The molecule has 3 aromatic heterocycles. The van der Waals surface area contributed by atoms with E-state index in [1.165, 1.54) is 0 Å². The molecule has 1 saturated heterocycles. The summed E-state index contributed by atoms with van der Waals surface area (Å²) in [5, 5.41) is 21.3. The third-order valence-corrected chi connectivity index (χ3v) is 8.70. The zero-order valence-corrected chi connectivity index (χ0v) is 23.9. The van der Waals surface area contributed by atoms with E-state index in [1.54, 1.807) is 33.3 Å². The molecule has 2 atom stereocenters. The largest absolute Gasteiger partial charge is 0.348 e. The van der Waals surface area contributed by atoms with E-state index in [0.29, 0.717) is 51.3 Å². The summed E-state index contributed by atoms with van der Waals surface area (Å²) in [5.41, 5.74) is 2.53. The number of amides is 3. The van der Waals surface area contributed by atoms with E-state index >= 15 is 0 Å². The molecule has 0 unspecified atom stereocenters. The Hall–Kier alpha value is -4.36. The number of nitrogens with zero attached hydrogens (tertiary/aromatic N) is 6. The van der Waals surface area contributed by atoms with Gasteiger partial charge in [-0.3, -0.25) is 29.1 Å². The number of aryl methyl sites for hydroxylation is 1. The average molecular weight is 588 g/mol. The third kappa shape index (κ3) is 6.58. The first-order valence-corrected chi connectivity index (χ1v) is 14.9. The lowest BCUT2D eigenvalue weighted by atomic mass is 10.0. The van der Waals surface area contributed by atoms with Gasteiger partial charge in [0.2, 0.25) is 17.7 Å². The molecule has 12 nitrogen and oxygen atoms in total. The molecule has 2 bridgehead atoms. The first kappa shape index (κ1) is 27.8. The Balaban J connectivity index is 1.24. The number of fused-ring (bicyclic) bond motifs is 3. The van der Waals surface area contributed by atoms with Crippen LogP contribution in [0.2, 0.25) is 0 Å². The molecule has 1 fully saturated rings. The Morgan fingerprint density at radius 3 is 2.71 bits per heavy atom. The van der Waals surface area contributed by atoms with Crippen molar-refractivity contribution >= 4 is 29.1 Å². The minimum atomic E-state index is -0.779. The zero-order chi connectivity index (χ0) is 28.9. The predicted molar refractivity (Wildman–Crippen MR) is 156 cm³/mol. The summed E-state index contributed by atoms with van der Waals surface area (Å²) in [6.45, 7) is 2.72. The number of rotatable bonds is 5. The molecular formula is C29H33N9O3S. The molecule has 0 aliphatic carbocycles. The van der Waals surface area contributed by atoms with Crippen molar-refractivity contribution < 1.29 is 14.4 Å². The molecule has 1 aromatic carbocycles. The van der Waals surface area contributed by atoms with Crippen LogP contribution in [0.3, 0.4) is 0 Å². The maximum Gasteiger partial charge on any atom is 0.246 e. The van der Waals surface area contributed by atoms with Gasteiger partial charge in [-0.15, -0.1) is 16.4 Å². The number of carbonyl (C=O) groups excluding carboxylic acids is 3. The quantitative estimate of drug-likeness (QED) is 0.322. The Kier molecular flexibility index (Phi) is 8.38. The van der Waals surface area contributed by atoms with Crippen LogP contribution in [-0.4, -0.2) is 84.4 Å². The fourth-order valence-electron chi connectivity index (χ4n) is 5.43. The summed E-state index contributed by atoms with van der Waals surface area (Å²) in [6, 6.07) is 14.2. The lowest BCUT2D eigenvalue weighted by Gasteiger charge is -2.41. The van der Waals surface area contributed by atoms with Crippen molar-refractivity contribution in [3.63, 3.8) is 0 Å². The molecule has 0 saturated carbocycles. The van der Waals surface area contributed by atoms with Gasteiger partial charge in [0.1, 0.15) is 17.8 Å². The Morgan fingerprint density at radius 1 is 1.00 bits per heavy atom. The standard InChI is InChI=1S/C29H33N9O3S/c39-27-7-4-12-37-17-21(33-35-37)16-30-28(40)25-19-36(18-22-8-9-26(42-22)23-10-11-31-34-23)13-14-38(25)29(41)24(32-27)15-20-5-2-1-3-6-20/h1-3,5-6,8-11,17,24-25H,4,7,12-16,18-19H2,(H,30,40)(H,31,34)(H,32,39)/t24-,25+/m0/s1. The highest BCUT2D eigenvalue weighted by atomic mass is 32.1. The molecule has 0 radical (unpaired) electrons. The number of aromatic nitrogens is 5. The second kappa shape index (κ2) is 12.7. The Bertz CT molecular complexity index is 1520. The molecule has 6 rings (SSSR count). The van der Waals surface area contributed by atoms with Gasteiger partial charge < -0.3 is 15.5 Å². The molecular weight excluding hydrogens is 554 g/mol. The molecule has 2 aliphatic rings. The van der Waals surface area contributed by atoms with E-state index in [0.717, 1.165) is 21.0 Å². The van der Waals surface area contributed by atoms with E-state index in [4.69, 9.17) is 0 Å². The van der Waals surface area contributed by atoms with Gasteiger partial charge in [-0.25, -0.2) is 0 Å². The molecule has 2 aliphatic heterocycles. The van der Waals surface area contributed by atoms with Gasteiger partial charge in [0.05, 0.1) is 23.3 Å². The van der Waals surface area contributed by atoms with Gasteiger partial charge in [0.25, 0.3) is 0 Å². The van der Waals surface area contributed by atoms with Gasteiger partial charge in [-0.05, 0) is 30.2 Å². The van der Waals surface area contributed by atoms with Crippen LogP contribution in [0.5, 0.6) is 0 Å². The third-order valence-electron chi connectivity index (χ3n) is 7.59. The number of hydrogen-bond donors (Lipinski definition) is 3. The van der Waals surface area contributed by atoms with E-state index < -0.39 is 12.1 Å². The van der Waals surface area contributed by atoms with Gasteiger partial charge in [-0.2, -0.15) is 5.10 Å². The number of piperazine rings is 1. The monoisotopic (exact) mass is 587 g/mol.